The van der Waals surface area contributed by atoms with Crippen LogP contribution in [0.4, 0.5) is 0 Å². The van der Waals surface area contributed by atoms with Crippen molar-refractivity contribution < 1.29 is 14.2 Å². The van der Waals surface area contributed by atoms with Crippen LogP contribution in [0.3, 0.4) is 0 Å². The van der Waals surface area contributed by atoms with Gasteiger partial charge in [0.05, 0.1) is 25.4 Å². The molecular formula is C22H30O3. The molecule has 0 saturated heterocycles. The molecule has 0 aliphatic heterocycles. The van der Waals surface area contributed by atoms with E-state index in [-0.39, 0.29) is 11.2 Å². The van der Waals surface area contributed by atoms with Crippen LogP contribution in [-0.4, -0.2) is 25.4 Å². The molecule has 2 rings (SSSR count). The van der Waals surface area contributed by atoms with E-state index in [2.05, 4.69) is 52.0 Å². The van der Waals surface area contributed by atoms with Crippen LogP contribution in [-0.2, 0) is 17.6 Å². The lowest BCUT2D eigenvalue weighted by molar-refractivity contribution is -0.121. The summed E-state index contributed by atoms with van der Waals surface area (Å²) in [5, 5.41) is 0. The Kier molecular flexibility index (Phi) is 6.12. The minimum absolute atomic E-state index is 0.259. The van der Waals surface area contributed by atoms with Crippen LogP contribution in [0.5, 0.6) is 11.5 Å². The van der Waals surface area contributed by atoms with Gasteiger partial charge in [-0.05, 0) is 63.1 Å². The fourth-order valence-electron chi connectivity index (χ4n) is 3.29. The molecule has 0 heterocycles. The van der Waals surface area contributed by atoms with Crippen LogP contribution in [0.25, 0.3) is 0 Å². The maximum Gasteiger partial charge on any atom is 0.118 e. The number of rotatable bonds is 8. The molecule has 0 radical (unpaired) electrons. The molecule has 0 N–H and O–H groups in total. The lowest BCUT2D eigenvalue weighted by Crippen LogP contribution is -2.40. The van der Waals surface area contributed by atoms with E-state index in [4.69, 9.17) is 14.2 Å². The second-order valence-corrected chi connectivity index (χ2v) is 7.67. The molecule has 0 amide bonds. The Morgan fingerprint density at radius 1 is 0.600 bits per heavy atom. The summed E-state index contributed by atoms with van der Waals surface area (Å²) >= 11 is 0. The molecule has 0 aliphatic rings. The van der Waals surface area contributed by atoms with Crippen molar-refractivity contribution in [1.29, 1.82) is 0 Å². The average molecular weight is 342 g/mol. The Morgan fingerprint density at radius 2 is 0.920 bits per heavy atom. The second kappa shape index (κ2) is 7.92. The molecule has 25 heavy (non-hydrogen) atoms. The fraction of sp³-hybridized carbons (Fsp3) is 0.455. The fourth-order valence-corrected chi connectivity index (χ4v) is 3.29. The summed E-state index contributed by atoms with van der Waals surface area (Å²) in [7, 11) is 3.37. The summed E-state index contributed by atoms with van der Waals surface area (Å²) in [5.41, 5.74) is 1.96. The summed E-state index contributed by atoms with van der Waals surface area (Å²) in [6.45, 7) is 8.58. The van der Waals surface area contributed by atoms with E-state index >= 15 is 0 Å². The van der Waals surface area contributed by atoms with Crippen molar-refractivity contribution >= 4 is 0 Å². The zero-order valence-electron chi connectivity index (χ0n) is 16.3. The van der Waals surface area contributed by atoms with Crippen molar-refractivity contribution in [3.63, 3.8) is 0 Å². The van der Waals surface area contributed by atoms with Gasteiger partial charge in [0.1, 0.15) is 11.5 Å². The molecule has 0 atom stereocenters. The SMILES string of the molecule is COc1ccc(CC(C)(C)OC(C)(C)Cc2ccc(OC)cc2)cc1. The number of methoxy groups -OCH3 is 2. The van der Waals surface area contributed by atoms with Gasteiger partial charge < -0.3 is 14.2 Å². The molecule has 2 aromatic rings. The summed E-state index contributed by atoms with van der Waals surface area (Å²) in [6.07, 6.45) is 1.70. The van der Waals surface area contributed by atoms with Crippen LogP contribution in [0, 0.1) is 0 Å². The second-order valence-electron chi connectivity index (χ2n) is 7.67. The molecule has 0 spiro atoms. The summed E-state index contributed by atoms with van der Waals surface area (Å²) in [4.78, 5) is 0. The molecule has 0 aliphatic carbocycles. The molecule has 136 valence electrons. The van der Waals surface area contributed by atoms with E-state index in [9.17, 15) is 0 Å². The van der Waals surface area contributed by atoms with E-state index in [1.807, 2.05) is 24.3 Å². The normalized spacial score (nSPS) is 12.1. The van der Waals surface area contributed by atoms with Gasteiger partial charge in [-0.2, -0.15) is 0 Å². The number of hydrogen-bond donors (Lipinski definition) is 0. The predicted molar refractivity (Wildman–Crippen MR) is 103 cm³/mol. The van der Waals surface area contributed by atoms with Crippen molar-refractivity contribution in [3.8, 4) is 11.5 Å². The summed E-state index contributed by atoms with van der Waals surface area (Å²) in [6, 6.07) is 16.4. The van der Waals surface area contributed by atoms with Crippen LogP contribution < -0.4 is 9.47 Å². The van der Waals surface area contributed by atoms with Crippen molar-refractivity contribution in [3.05, 3.63) is 59.7 Å². The Hall–Kier alpha value is -2.00. The van der Waals surface area contributed by atoms with Crippen molar-refractivity contribution in [2.45, 2.75) is 51.7 Å². The van der Waals surface area contributed by atoms with E-state index < -0.39 is 0 Å². The van der Waals surface area contributed by atoms with Crippen LogP contribution in [0.2, 0.25) is 0 Å². The van der Waals surface area contributed by atoms with Gasteiger partial charge in [-0.25, -0.2) is 0 Å². The van der Waals surface area contributed by atoms with Gasteiger partial charge >= 0.3 is 0 Å². The highest BCUT2D eigenvalue weighted by atomic mass is 16.5. The lowest BCUT2D eigenvalue weighted by atomic mass is 9.93. The molecule has 0 bridgehead atoms. The summed E-state index contributed by atoms with van der Waals surface area (Å²) in [5.74, 6) is 1.75. The number of hydrogen-bond acceptors (Lipinski definition) is 3. The smallest absolute Gasteiger partial charge is 0.118 e. The molecule has 0 unspecified atom stereocenters. The molecule has 0 saturated carbocycles. The van der Waals surface area contributed by atoms with Gasteiger partial charge in [0, 0.05) is 12.8 Å². The average Bonchev–Trinajstić information content (AvgIpc) is 2.54. The van der Waals surface area contributed by atoms with Gasteiger partial charge in [0.15, 0.2) is 0 Å². The largest absolute Gasteiger partial charge is 0.497 e. The summed E-state index contributed by atoms with van der Waals surface area (Å²) < 4.78 is 16.9. The lowest BCUT2D eigenvalue weighted by Gasteiger charge is -2.36. The van der Waals surface area contributed by atoms with Gasteiger partial charge in [-0.3, -0.25) is 0 Å². The monoisotopic (exact) mass is 342 g/mol. The minimum Gasteiger partial charge on any atom is -0.497 e. The van der Waals surface area contributed by atoms with Gasteiger partial charge in [-0.15, -0.1) is 0 Å². The molecular weight excluding hydrogens is 312 g/mol. The predicted octanol–water partition coefficient (Wildman–Crippen LogP) is 5.06. The van der Waals surface area contributed by atoms with Crippen LogP contribution in [0.1, 0.15) is 38.8 Å². The maximum absolute atomic E-state index is 6.48. The zero-order valence-corrected chi connectivity index (χ0v) is 16.3. The maximum atomic E-state index is 6.48. The Labute approximate surface area is 151 Å². The van der Waals surface area contributed by atoms with Crippen molar-refractivity contribution in [2.24, 2.45) is 0 Å². The van der Waals surface area contributed by atoms with Crippen LogP contribution >= 0.6 is 0 Å². The van der Waals surface area contributed by atoms with E-state index in [1.165, 1.54) is 11.1 Å². The highest BCUT2D eigenvalue weighted by Gasteiger charge is 2.29. The molecule has 2 aromatic carbocycles. The standard InChI is InChI=1S/C22H30O3/c1-21(2,15-17-7-11-19(23-5)12-8-17)25-22(3,4)16-18-9-13-20(24-6)14-10-18/h7-14H,15-16H2,1-6H3. The zero-order chi connectivity index (χ0) is 18.5. The molecule has 0 fully saturated rings. The quantitative estimate of drug-likeness (QED) is 0.671. The number of benzene rings is 2. The third-order valence-corrected chi connectivity index (χ3v) is 4.13. The third-order valence-electron chi connectivity index (χ3n) is 4.13. The Balaban J connectivity index is 2.00. The highest BCUT2D eigenvalue weighted by Crippen LogP contribution is 2.28. The van der Waals surface area contributed by atoms with E-state index in [0.717, 1.165) is 24.3 Å². The third kappa shape index (κ3) is 6.09. The van der Waals surface area contributed by atoms with Crippen molar-refractivity contribution in [2.75, 3.05) is 14.2 Å². The topological polar surface area (TPSA) is 27.7 Å². The Bertz CT molecular complexity index is 595. The molecule has 3 heteroatoms. The minimum atomic E-state index is -0.259. The van der Waals surface area contributed by atoms with E-state index in [0.29, 0.717) is 0 Å². The van der Waals surface area contributed by atoms with Crippen molar-refractivity contribution in [1.82, 2.24) is 0 Å². The molecule has 0 aromatic heterocycles. The van der Waals surface area contributed by atoms with E-state index in [1.54, 1.807) is 14.2 Å². The first-order chi connectivity index (χ1) is 11.7. The Morgan fingerprint density at radius 3 is 1.20 bits per heavy atom. The first-order valence-corrected chi connectivity index (χ1v) is 8.69. The van der Waals surface area contributed by atoms with Gasteiger partial charge in [-0.1, -0.05) is 24.3 Å². The molecule has 3 nitrogen and oxygen atoms in total. The van der Waals surface area contributed by atoms with Gasteiger partial charge in [0.25, 0.3) is 0 Å². The van der Waals surface area contributed by atoms with Gasteiger partial charge in [0.2, 0.25) is 0 Å². The van der Waals surface area contributed by atoms with Crippen LogP contribution in [0.15, 0.2) is 48.5 Å². The highest BCUT2D eigenvalue weighted by molar-refractivity contribution is 5.29. The first kappa shape index (κ1) is 19.3. The number of ether oxygens (including phenoxy) is 3. The first-order valence-electron chi connectivity index (χ1n) is 8.69.